The zero-order valence-electron chi connectivity index (χ0n) is 17.0. The van der Waals surface area contributed by atoms with Crippen molar-refractivity contribution in [1.82, 2.24) is 0 Å². The fourth-order valence-corrected chi connectivity index (χ4v) is 5.05. The van der Waals surface area contributed by atoms with E-state index in [1.807, 2.05) is 26.0 Å². The van der Waals surface area contributed by atoms with Gasteiger partial charge in [-0.1, -0.05) is 36.4 Å². The van der Waals surface area contributed by atoms with Gasteiger partial charge in [-0.3, -0.25) is 14.4 Å². The van der Waals surface area contributed by atoms with Gasteiger partial charge in [0.1, 0.15) is 5.75 Å². The fourth-order valence-electron chi connectivity index (χ4n) is 5.05. The molecular weight excluding hydrogens is 378 g/mol. The maximum Gasteiger partial charge on any atom is 0.238 e. The Kier molecular flexibility index (Phi) is 4.35. The molecule has 1 aliphatic heterocycles. The van der Waals surface area contributed by atoms with Crippen molar-refractivity contribution in [3.05, 3.63) is 71.3 Å². The first-order valence-electron chi connectivity index (χ1n) is 10.3. The summed E-state index contributed by atoms with van der Waals surface area (Å²) in [6.07, 6.45) is 5.04. The normalized spacial score (nSPS) is 26.4. The van der Waals surface area contributed by atoms with E-state index < -0.39 is 0 Å². The minimum absolute atomic E-state index is 0.147. The number of carbonyl (C=O) groups is 3. The van der Waals surface area contributed by atoms with Crippen molar-refractivity contribution in [2.24, 2.45) is 23.7 Å². The van der Waals surface area contributed by atoms with E-state index >= 15 is 0 Å². The molecule has 1 heterocycles. The highest BCUT2D eigenvalue weighted by Crippen LogP contribution is 2.53. The van der Waals surface area contributed by atoms with Crippen LogP contribution < -0.4 is 9.64 Å². The number of imide groups is 1. The molecule has 2 aromatic rings. The zero-order valence-corrected chi connectivity index (χ0v) is 17.0. The van der Waals surface area contributed by atoms with Crippen LogP contribution in [0.4, 0.5) is 5.69 Å². The summed E-state index contributed by atoms with van der Waals surface area (Å²) in [5.74, 6) is -0.309. The van der Waals surface area contributed by atoms with Crippen molar-refractivity contribution in [2.45, 2.75) is 20.3 Å². The van der Waals surface area contributed by atoms with Crippen LogP contribution in [0.2, 0.25) is 0 Å². The molecule has 0 unspecified atom stereocenters. The average molecular weight is 401 g/mol. The van der Waals surface area contributed by atoms with E-state index in [1.54, 1.807) is 30.3 Å². The number of Topliss-reactive ketones (excluding diaryl/α,β-unsaturated/α-hetero) is 1. The van der Waals surface area contributed by atoms with Crippen molar-refractivity contribution in [1.29, 1.82) is 0 Å². The lowest BCUT2D eigenvalue weighted by atomic mass is 9.85. The lowest BCUT2D eigenvalue weighted by molar-refractivity contribution is -0.123. The predicted molar refractivity (Wildman–Crippen MR) is 112 cm³/mol. The molecule has 2 aliphatic carbocycles. The molecule has 3 aliphatic rings. The maximum atomic E-state index is 13.1. The minimum atomic E-state index is -0.266. The van der Waals surface area contributed by atoms with Gasteiger partial charge in [0.15, 0.2) is 12.4 Å². The van der Waals surface area contributed by atoms with Crippen molar-refractivity contribution in [3.63, 3.8) is 0 Å². The van der Waals surface area contributed by atoms with Crippen LogP contribution in [-0.2, 0) is 9.59 Å². The molecule has 2 fully saturated rings. The summed E-state index contributed by atoms with van der Waals surface area (Å²) in [7, 11) is 0. The third-order valence-electron chi connectivity index (χ3n) is 6.76. The van der Waals surface area contributed by atoms with E-state index in [-0.39, 0.29) is 47.9 Å². The number of amides is 2. The highest BCUT2D eigenvalue weighted by Gasteiger charge is 2.59. The number of aryl methyl sites for hydroxylation is 2. The Bertz CT molecular complexity index is 1070. The van der Waals surface area contributed by atoms with Gasteiger partial charge in [-0.25, -0.2) is 4.90 Å². The van der Waals surface area contributed by atoms with Crippen LogP contribution in [0.5, 0.6) is 5.75 Å². The van der Waals surface area contributed by atoms with Crippen molar-refractivity contribution >= 4 is 23.3 Å². The largest absolute Gasteiger partial charge is 0.483 e. The van der Waals surface area contributed by atoms with Crippen LogP contribution >= 0.6 is 0 Å². The Morgan fingerprint density at radius 2 is 1.63 bits per heavy atom. The Balaban J connectivity index is 1.37. The number of ketones is 1. The lowest BCUT2D eigenvalue weighted by Crippen LogP contribution is -2.33. The molecule has 0 N–H and O–H groups in total. The molecule has 5 rings (SSSR count). The molecular formula is C25H23NO4. The van der Waals surface area contributed by atoms with Crippen LogP contribution in [0.1, 0.15) is 27.9 Å². The van der Waals surface area contributed by atoms with Gasteiger partial charge in [-0.05, 0) is 61.4 Å². The number of anilines is 1. The summed E-state index contributed by atoms with van der Waals surface area (Å²) in [6, 6.07) is 12.5. The fraction of sp³-hybridized carbons (Fsp3) is 0.320. The smallest absolute Gasteiger partial charge is 0.238 e. The second kappa shape index (κ2) is 6.94. The summed E-state index contributed by atoms with van der Waals surface area (Å²) >= 11 is 0. The molecule has 5 heteroatoms. The van der Waals surface area contributed by atoms with Gasteiger partial charge in [0.25, 0.3) is 0 Å². The standard InChI is InChI=1S/C25H23NO4/c1-14-7-8-16(11-15(14)2)20(27)13-30-21-6-4-3-5-19(21)26-24(28)22-17-9-10-18(12-17)23(22)25(26)29/h3-11,17-18,22-23H,12-13H2,1-2H3/t17-,18-,22-,23+/m0/s1. The molecule has 0 spiro atoms. The Morgan fingerprint density at radius 3 is 2.30 bits per heavy atom. The van der Waals surface area contributed by atoms with Crippen molar-refractivity contribution in [2.75, 3.05) is 11.5 Å². The van der Waals surface area contributed by atoms with Crippen molar-refractivity contribution < 1.29 is 19.1 Å². The molecule has 1 saturated heterocycles. The van der Waals surface area contributed by atoms with Crippen LogP contribution in [0.15, 0.2) is 54.6 Å². The summed E-state index contributed by atoms with van der Waals surface area (Å²) in [6.45, 7) is 3.80. The summed E-state index contributed by atoms with van der Waals surface area (Å²) in [5, 5.41) is 0. The van der Waals surface area contributed by atoms with Gasteiger partial charge < -0.3 is 4.74 Å². The second-order valence-electron chi connectivity index (χ2n) is 8.49. The average Bonchev–Trinajstić information content (AvgIpc) is 3.42. The third kappa shape index (κ3) is 2.80. The monoisotopic (exact) mass is 401 g/mol. The van der Waals surface area contributed by atoms with Gasteiger partial charge in [0, 0.05) is 5.56 Å². The number of rotatable bonds is 5. The zero-order chi connectivity index (χ0) is 21.0. The first-order valence-corrected chi connectivity index (χ1v) is 10.3. The molecule has 0 radical (unpaired) electrons. The molecule has 4 atom stereocenters. The van der Waals surface area contributed by atoms with E-state index in [9.17, 15) is 14.4 Å². The second-order valence-corrected chi connectivity index (χ2v) is 8.49. The number of para-hydroxylation sites is 2. The molecule has 2 amide bonds. The van der Waals surface area contributed by atoms with Gasteiger partial charge in [0.05, 0.1) is 17.5 Å². The van der Waals surface area contributed by atoms with Crippen LogP contribution in [0.25, 0.3) is 0 Å². The number of benzene rings is 2. The maximum absolute atomic E-state index is 13.1. The Hall–Kier alpha value is -3.21. The number of fused-ring (bicyclic) bond motifs is 5. The number of nitrogens with zero attached hydrogens (tertiary/aromatic N) is 1. The molecule has 2 aromatic carbocycles. The minimum Gasteiger partial charge on any atom is -0.483 e. The third-order valence-corrected chi connectivity index (χ3v) is 6.76. The Labute approximate surface area is 175 Å². The number of hydrogen-bond donors (Lipinski definition) is 0. The predicted octanol–water partition coefficient (Wildman–Crippen LogP) is 3.88. The summed E-state index contributed by atoms with van der Waals surface area (Å²) in [4.78, 5) is 40.1. The quantitative estimate of drug-likeness (QED) is 0.433. The highest BCUT2D eigenvalue weighted by molar-refractivity contribution is 6.23. The number of carbonyl (C=O) groups excluding carboxylic acids is 3. The van der Waals surface area contributed by atoms with E-state index in [1.165, 1.54) is 4.90 Å². The van der Waals surface area contributed by atoms with E-state index in [0.717, 1.165) is 17.5 Å². The molecule has 5 nitrogen and oxygen atoms in total. The lowest BCUT2D eigenvalue weighted by Gasteiger charge is -2.20. The first-order chi connectivity index (χ1) is 14.5. The van der Waals surface area contributed by atoms with Crippen molar-refractivity contribution in [3.8, 4) is 5.75 Å². The van der Waals surface area contributed by atoms with E-state index in [2.05, 4.69) is 12.2 Å². The number of allylic oxidation sites excluding steroid dienone is 2. The Morgan fingerprint density at radius 1 is 0.967 bits per heavy atom. The summed E-state index contributed by atoms with van der Waals surface area (Å²) in [5.41, 5.74) is 3.18. The van der Waals surface area contributed by atoms with Gasteiger partial charge in [-0.2, -0.15) is 0 Å². The van der Waals surface area contributed by atoms with Gasteiger partial charge in [-0.15, -0.1) is 0 Å². The molecule has 0 aromatic heterocycles. The van der Waals surface area contributed by atoms with E-state index in [0.29, 0.717) is 17.0 Å². The van der Waals surface area contributed by atoms with Gasteiger partial charge >= 0.3 is 0 Å². The number of hydrogen-bond acceptors (Lipinski definition) is 4. The number of ether oxygens (including phenoxy) is 1. The topological polar surface area (TPSA) is 63.7 Å². The molecule has 2 bridgehead atoms. The molecule has 30 heavy (non-hydrogen) atoms. The first kappa shape index (κ1) is 18.8. The van der Waals surface area contributed by atoms with E-state index in [4.69, 9.17) is 4.74 Å². The van der Waals surface area contributed by atoms with Crippen LogP contribution in [-0.4, -0.2) is 24.2 Å². The molecule has 1 saturated carbocycles. The van der Waals surface area contributed by atoms with Crippen LogP contribution in [0.3, 0.4) is 0 Å². The van der Waals surface area contributed by atoms with Crippen LogP contribution in [0, 0.1) is 37.5 Å². The summed E-state index contributed by atoms with van der Waals surface area (Å²) < 4.78 is 5.81. The SMILES string of the molecule is Cc1ccc(C(=O)COc2ccccc2N2C(=O)[C@@H]3[C@H](C2=O)[C@H]2C=C[C@H]3C2)cc1C. The van der Waals surface area contributed by atoms with Gasteiger partial charge in [0.2, 0.25) is 11.8 Å². The molecule has 152 valence electrons. The highest BCUT2D eigenvalue weighted by atomic mass is 16.5.